The molecule has 8 heavy (non-hydrogen) atoms. The van der Waals surface area contributed by atoms with Crippen molar-refractivity contribution in [3.63, 3.8) is 0 Å². The summed E-state index contributed by atoms with van der Waals surface area (Å²) in [7, 11) is 0. The molecule has 0 aliphatic heterocycles. The molecule has 0 spiro atoms. The lowest BCUT2D eigenvalue weighted by Gasteiger charge is -2.04. The second-order valence-electron chi connectivity index (χ2n) is 1.81. The second-order valence-corrected chi connectivity index (χ2v) is 1.81. The molecule has 0 bridgehead atoms. The monoisotopic (exact) mass is 119 g/mol. The summed E-state index contributed by atoms with van der Waals surface area (Å²) < 4.78 is 12.3. The largest absolute Gasteiger partial charge is 0.288 e. The van der Waals surface area contributed by atoms with E-state index < -0.39 is 6.30 Å². The van der Waals surface area contributed by atoms with Gasteiger partial charge in [-0.15, -0.1) is 0 Å². The van der Waals surface area contributed by atoms with Crippen LogP contribution in [0.5, 0.6) is 0 Å². The first-order valence-electron chi connectivity index (χ1n) is 3.18. The van der Waals surface area contributed by atoms with Crippen molar-refractivity contribution in [3.05, 3.63) is 0 Å². The molecule has 0 amide bonds. The third kappa shape index (κ3) is 4.06. The third-order valence-corrected chi connectivity index (χ3v) is 0.968. The fourth-order valence-corrected chi connectivity index (χ4v) is 0.577. The smallest absolute Gasteiger partial charge is 0.151 e. The normalized spacial score (nSPS) is 13.9. The Morgan fingerprint density at radius 3 is 2.50 bits per heavy atom. The van der Waals surface area contributed by atoms with Crippen LogP contribution in [0.2, 0.25) is 0 Å². The molecule has 0 heterocycles. The topological polar surface area (TPSA) is 12.0 Å². The Morgan fingerprint density at radius 2 is 2.12 bits per heavy atom. The van der Waals surface area contributed by atoms with E-state index in [2.05, 4.69) is 5.32 Å². The lowest BCUT2D eigenvalue weighted by molar-refractivity contribution is 0.260. The minimum Gasteiger partial charge on any atom is -0.288 e. The van der Waals surface area contributed by atoms with Gasteiger partial charge in [0, 0.05) is 0 Å². The zero-order valence-electron chi connectivity index (χ0n) is 5.58. The van der Waals surface area contributed by atoms with Crippen LogP contribution in [0.4, 0.5) is 4.39 Å². The number of rotatable bonds is 4. The van der Waals surface area contributed by atoms with Crippen LogP contribution >= 0.6 is 0 Å². The van der Waals surface area contributed by atoms with E-state index in [0.29, 0.717) is 6.42 Å². The minimum atomic E-state index is -0.787. The van der Waals surface area contributed by atoms with Crippen LogP contribution in [-0.4, -0.2) is 12.8 Å². The third-order valence-electron chi connectivity index (χ3n) is 0.968. The maximum absolute atomic E-state index is 12.3. The van der Waals surface area contributed by atoms with Crippen LogP contribution in [-0.2, 0) is 0 Å². The van der Waals surface area contributed by atoms with Gasteiger partial charge in [0.2, 0.25) is 0 Å². The van der Waals surface area contributed by atoms with Crippen LogP contribution in [0.1, 0.15) is 26.7 Å². The molecule has 1 nitrogen and oxygen atoms in total. The lowest BCUT2D eigenvalue weighted by Crippen LogP contribution is -2.23. The molecule has 1 N–H and O–H groups in total. The minimum absolute atomic E-state index is 0.633. The number of hydrogen-bond donors (Lipinski definition) is 1. The SMILES string of the molecule is CCCC(F)NCC. The fraction of sp³-hybridized carbons (Fsp3) is 1.00. The zero-order valence-corrected chi connectivity index (χ0v) is 5.58. The highest BCUT2D eigenvalue weighted by Crippen LogP contribution is 1.95. The van der Waals surface area contributed by atoms with E-state index >= 15 is 0 Å². The van der Waals surface area contributed by atoms with Crippen molar-refractivity contribution in [2.45, 2.75) is 33.0 Å². The Balaban J connectivity index is 2.92. The van der Waals surface area contributed by atoms with Crippen molar-refractivity contribution in [1.82, 2.24) is 5.32 Å². The molecule has 0 saturated heterocycles. The summed E-state index contributed by atoms with van der Waals surface area (Å²) in [5, 5.41) is 2.68. The number of alkyl halides is 1. The summed E-state index contributed by atoms with van der Waals surface area (Å²) in [5.74, 6) is 0. The summed E-state index contributed by atoms with van der Waals surface area (Å²) in [6, 6.07) is 0. The van der Waals surface area contributed by atoms with Gasteiger partial charge in [-0.05, 0) is 13.0 Å². The van der Waals surface area contributed by atoms with Crippen LogP contribution < -0.4 is 5.32 Å². The molecule has 1 unspecified atom stereocenters. The first-order valence-corrected chi connectivity index (χ1v) is 3.18. The van der Waals surface area contributed by atoms with E-state index in [1.165, 1.54) is 0 Å². The Bertz CT molecular complexity index is 41.8. The fourth-order valence-electron chi connectivity index (χ4n) is 0.577. The molecule has 50 valence electrons. The summed E-state index contributed by atoms with van der Waals surface area (Å²) >= 11 is 0. The van der Waals surface area contributed by atoms with Gasteiger partial charge in [0.1, 0.15) is 0 Å². The van der Waals surface area contributed by atoms with Gasteiger partial charge in [0.15, 0.2) is 6.30 Å². The standard InChI is InChI=1S/C6H14FN/c1-3-5-6(7)8-4-2/h6,8H,3-5H2,1-2H3. The van der Waals surface area contributed by atoms with E-state index in [4.69, 9.17) is 0 Å². The number of halogens is 1. The quantitative estimate of drug-likeness (QED) is 0.555. The molecular formula is C6H14FN. The van der Waals surface area contributed by atoms with Gasteiger partial charge in [-0.3, -0.25) is 5.32 Å². The first kappa shape index (κ1) is 7.89. The van der Waals surface area contributed by atoms with E-state index in [1.807, 2.05) is 13.8 Å². The molecule has 0 rings (SSSR count). The van der Waals surface area contributed by atoms with Gasteiger partial charge in [0.25, 0.3) is 0 Å². The Labute approximate surface area is 50.3 Å². The molecule has 2 heteroatoms. The van der Waals surface area contributed by atoms with Gasteiger partial charge in [-0.2, -0.15) is 0 Å². The molecule has 0 aromatic carbocycles. The average molecular weight is 119 g/mol. The molecule has 0 aromatic rings. The molecule has 0 fully saturated rings. The van der Waals surface area contributed by atoms with Gasteiger partial charge in [0.05, 0.1) is 0 Å². The van der Waals surface area contributed by atoms with Crippen LogP contribution in [0, 0.1) is 0 Å². The summed E-state index contributed by atoms with van der Waals surface area (Å²) in [6.07, 6.45) is 0.757. The molecule has 0 saturated carbocycles. The number of nitrogens with one attached hydrogen (secondary N) is 1. The van der Waals surface area contributed by atoms with Crippen molar-refractivity contribution < 1.29 is 4.39 Å². The van der Waals surface area contributed by atoms with E-state index in [9.17, 15) is 4.39 Å². The van der Waals surface area contributed by atoms with Gasteiger partial charge in [-0.25, -0.2) is 4.39 Å². The molecule has 0 aromatic heterocycles. The average Bonchev–Trinajstić information content (AvgIpc) is 1.68. The first-order chi connectivity index (χ1) is 3.81. The molecule has 0 radical (unpaired) electrons. The summed E-state index contributed by atoms with van der Waals surface area (Å²) in [6.45, 7) is 4.60. The highest BCUT2D eigenvalue weighted by Gasteiger charge is 1.98. The van der Waals surface area contributed by atoms with E-state index in [1.54, 1.807) is 0 Å². The van der Waals surface area contributed by atoms with Crippen molar-refractivity contribution >= 4 is 0 Å². The maximum atomic E-state index is 12.3. The van der Waals surface area contributed by atoms with Crippen molar-refractivity contribution in [2.75, 3.05) is 6.54 Å². The zero-order chi connectivity index (χ0) is 6.41. The van der Waals surface area contributed by atoms with Crippen molar-refractivity contribution in [2.24, 2.45) is 0 Å². The Kier molecular flexibility index (Phi) is 4.97. The number of hydrogen-bond acceptors (Lipinski definition) is 1. The van der Waals surface area contributed by atoms with Crippen molar-refractivity contribution in [3.8, 4) is 0 Å². The lowest BCUT2D eigenvalue weighted by atomic mass is 10.3. The van der Waals surface area contributed by atoms with Gasteiger partial charge in [-0.1, -0.05) is 20.3 Å². The molecule has 1 atom stereocenters. The second kappa shape index (κ2) is 5.04. The van der Waals surface area contributed by atoms with E-state index in [-0.39, 0.29) is 0 Å². The predicted octanol–water partition coefficient (Wildman–Crippen LogP) is 1.69. The Morgan fingerprint density at radius 1 is 1.50 bits per heavy atom. The molecule has 0 aliphatic rings. The van der Waals surface area contributed by atoms with Crippen LogP contribution in [0.15, 0.2) is 0 Å². The summed E-state index contributed by atoms with van der Waals surface area (Å²) in [4.78, 5) is 0. The van der Waals surface area contributed by atoms with Gasteiger partial charge < -0.3 is 0 Å². The summed E-state index contributed by atoms with van der Waals surface area (Å²) in [5.41, 5.74) is 0. The highest BCUT2D eigenvalue weighted by molar-refractivity contribution is 4.48. The molecule has 0 aliphatic carbocycles. The molecular weight excluding hydrogens is 105 g/mol. The van der Waals surface area contributed by atoms with Crippen LogP contribution in [0.25, 0.3) is 0 Å². The van der Waals surface area contributed by atoms with Crippen molar-refractivity contribution in [1.29, 1.82) is 0 Å². The Hall–Kier alpha value is -0.110. The van der Waals surface area contributed by atoms with E-state index in [0.717, 1.165) is 13.0 Å². The van der Waals surface area contributed by atoms with Gasteiger partial charge >= 0.3 is 0 Å². The highest BCUT2D eigenvalue weighted by atomic mass is 19.1. The predicted molar refractivity (Wildman–Crippen MR) is 33.5 cm³/mol. The maximum Gasteiger partial charge on any atom is 0.151 e. The van der Waals surface area contributed by atoms with Crippen LogP contribution in [0.3, 0.4) is 0 Å².